The third kappa shape index (κ3) is 5.55. The second kappa shape index (κ2) is 9.85. The summed E-state index contributed by atoms with van der Waals surface area (Å²) in [7, 11) is -3.53. The van der Waals surface area contributed by atoms with Crippen LogP contribution < -0.4 is 4.72 Å². The Kier molecular flexibility index (Phi) is 7.23. The number of unbranched alkanes of at least 4 members (excludes halogenated alkanes) is 1. The van der Waals surface area contributed by atoms with Crippen molar-refractivity contribution < 1.29 is 12.8 Å². The lowest BCUT2D eigenvalue weighted by atomic mass is 10.00. The van der Waals surface area contributed by atoms with Crippen LogP contribution in [-0.4, -0.2) is 19.9 Å². The first-order chi connectivity index (χ1) is 14.0. The molecule has 0 saturated carbocycles. The molecule has 29 heavy (non-hydrogen) atoms. The van der Waals surface area contributed by atoms with E-state index in [4.69, 9.17) is 4.42 Å². The molecule has 0 saturated heterocycles. The topological polar surface area (TPSA) is 72.2 Å². The minimum atomic E-state index is -3.53. The van der Waals surface area contributed by atoms with Gasteiger partial charge in [0.25, 0.3) is 0 Å². The van der Waals surface area contributed by atoms with E-state index in [9.17, 15) is 8.42 Å². The normalized spacial score (nSPS) is 12.8. The smallest absolute Gasteiger partial charge is 0.240 e. The lowest BCUT2D eigenvalue weighted by Gasteiger charge is -2.15. The fraction of sp³-hybridized carbons (Fsp3) is 0.348. The Hall–Kier alpha value is -2.44. The summed E-state index contributed by atoms with van der Waals surface area (Å²) < 4.78 is 33.8. The van der Waals surface area contributed by atoms with Crippen LogP contribution in [0.4, 0.5) is 0 Å². The second-order valence-corrected chi connectivity index (χ2v) is 8.96. The molecule has 3 rings (SSSR count). The quantitative estimate of drug-likeness (QED) is 0.477. The van der Waals surface area contributed by atoms with Crippen LogP contribution in [0.25, 0.3) is 22.8 Å². The molecule has 0 fully saturated rings. The highest BCUT2D eigenvalue weighted by atomic mass is 32.2. The molecular formula is C23H28N2O3S. The van der Waals surface area contributed by atoms with Crippen molar-refractivity contribution in [3.63, 3.8) is 0 Å². The van der Waals surface area contributed by atoms with E-state index >= 15 is 0 Å². The minimum Gasteiger partial charge on any atom is -0.436 e. The van der Waals surface area contributed by atoms with E-state index in [2.05, 4.69) is 23.6 Å². The number of sulfonamides is 1. The molecule has 0 aliphatic rings. The van der Waals surface area contributed by atoms with Gasteiger partial charge < -0.3 is 4.42 Å². The standard InChI is InChI=1S/C23H28N2O3S/c1-3-5-9-18(4-2)16-25-29(26,27)21-14-12-20(13-15-21)23-24-17-22(28-23)19-10-7-6-8-11-19/h6-8,10-15,17-18,25H,3-5,9,16H2,1-2H3. The maximum Gasteiger partial charge on any atom is 0.240 e. The molecule has 0 radical (unpaired) electrons. The fourth-order valence-electron chi connectivity index (χ4n) is 3.17. The molecule has 0 aliphatic heterocycles. The third-order valence-electron chi connectivity index (χ3n) is 5.08. The van der Waals surface area contributed by atoms with Crippen molar-refractivity contribution in [1.82, 2.24) is 9.71 Å². The number of nitrogens with zero attached hydrogens (tertiary/aromatic N) is 1. The fourth-order valence-corrected chi connectivity index (χ4v) is 4.29. The van der Waals surface area contributed by atoms with Gasteiger partial charge in [0.05, 0.1) is 11.1 Å². The summed E-state index contributed by atoms with van der Waals surface area (Å²) in [5.74, 6) is 1.51. The highest BCUT2D eigenvalue weighted by Gasteiger charge is 2.17. The maximum absolute atomic E-state index is 12.6. The van der Waals surface area contributed by atoms with Gasteiger partial charge in [0.2, 0.25) is 15.9 Å². The number of rotatable bonds is 10. The van der Waals surface area contributed by atoms with E-state index < -0.39 is 10.0 Å². The van der Waals surface area contributed by atoms with E-state index in [0.717, 1.165) is 36.8 Å². The van der Waals surface area contributed by atoms with Crippen molar-refractivity contribution in [3.8, 4) is 22.8 Å². The Morgan fingerprint density at radius 2 is 1.72 bits per heavy atom. The van der Waals surface area contributed by atoms with Crippen LogP contribution in [0, 0.1) is 5.92 Å². The van der Waals surface area contributed by atoms with Crippen molar-refractivity contribution >= 4 is 10.0 Å². The lowest BCUT2D eigenvalue weighted by molar-refractivity contribution is 0.444. The third-order valence-corrected chi connectivity index (χ3v) is 6.52. The molecule has 1 atom stereocenters. The van der Waals surface area contributed by atoms with Crippen molar-refractivity contribution in [2.75, 3.05) is 6.54 Å². The molecule has 2 aromatic carbocycles. The molecule has 1 heterocycles. The monoisotopic (exact) mass is 412 g/mol. The first-order valence-electron chi connectivity index (χ1n) is 10.1. The van der Waals surface area contributed by atoms with Gasteiger partial charge in [-0.25, -0.2) is 18.1 Å². The molecule has 6 heteroatoms. The Labute approximate surface area is 173 Å². The van der Waals surface area contributed by atoms with Gasteiger partial charge in [-0.1, -0.05) is 63.4 Å². The second-order valence-electron chi connectivity index (χ2n) is 7.19. The molecule has 0 bridgehead atoms. The Morgan fingerprint density at radius 3 is 2.38 bits per heavy atom. The summed E-state index contributed by atoms with van der Waals surface area (Å²) in [5.41, 5.74) is 1.68. The van der Waals surface area contributed by atoms with Gasteiger partial charge in [0.1, 0.15) is 0 Å². The molecule has 0 spiro atoms. The number of aromatic nitrogens is 1. The van der Waals surface area contributed by atoms with Crippen LogP contribution in [-0.2, 0) is 10.0 Å². The first kappa shape index (κ1) is 21.3. The van der Waals surface area contributed by atoms with Crippen molar-refractivity contribution in [3.05, 3.63) is 60.8 Å². The SMILES string of the molecule is CCCCC(CC)CNS(=O)(=O)c1ccc(-c2ncc(-c3ccccc3)o2)cc1. The molecule has 1 unspecified atom stereocenters. The van der Waals surface area contributed by atoms with Gasteiger partial charge in [-0.3, -0.25) is 0 Å². The molecule has 154 valence electrons. The van der Waals surface area contributed by atoms with Crippen molar-refractivity contribution in [2.45, 2.75) is 44.4 Å². The summed E-state index contributed by atoms with van der Waals surface area (Å²) in [6.45, 7) is 4.72. The lowest BCUT2D eigenvalue weighted by Crippen LogP contribution is -2.29. The highest BCUT2D eigenvalue weighted by molar-refractivity contribution is 7.89. The predicted molar refractivity (Wildman–Crippen MR) is 116 cm³/mol. The Morgan fingerprint density at radius 1 is 1.00 bits per heavy atom. The zero-order valence-electron chi connectivity index (χ0n) is 17.0. The summed E-state index contributed by atoms with van der Waals surface area (Å²) in [5, 5.41) is 0. The average molecular weight is 413 g/mol. The number of nitrogens with one attached hydrogen (secondary N) is 1. The summed E-state index contributed by atoms with van der Waals surface area (Å²) in [6.07, 6.45) is 5.93. The number of oxazole rings is 1. The van der Waals surface area contributed by atoms with Gasteiger partial charge in [-0.05, 0) is 36.6 Å². The van der Waals surface area contributed by atoms with Gasteiger partial charge >= 0.3 is 0 Å². The van der Waals surface area contributed by atoms with E-state index in [-0.39, 0.29) is 4.90 Å². The van der Waals surface area contributed by atoms with Gasteiger partial charge in [-0.2, -0.15) is 0 Å². The van der Waals surface area contributed by atoms with E-state index in [1.54, 1.807) is 30.5 Å². The zero-order valence-corrected chi connectivity index (χ0v) is 17.8. The minimum absolute atomic E-state index is 0.251. The predicted octanol–water partition coefficient (Wildman–Crippen LogP) is 5.50. The maximum atomic E-state index is 12.6. The van der Waals surface area contributed by atoms with Crippen LogP contribution >= 0.6 is 0 Å². The summed E-state index contributed by atoms with van der Waals surface area (Å²) >= 11 is 0. The Bertz CT molecular complexity index is 996. The van der Waals surface area contributed by atoms with Gasteiger partial charge in [0.15, 0.2) is 5.76 Å². The molecule has 0 aliphatic carbocycles. The molecular weight excluding hydrogens is 384 g/mol. The van der Waals surface area contributed by atoms with E-state index in [1.165, 1.54) is 0 Å². The van der Waals surface area contributed by atoms with Crippen LogP contribution in [0.15, 0.2) is 70.1 Å². The zero-order chi connectivity index (χ0) is 20.7. The molecule has 5 nitrogen and oxygen atoms in total. The highest BCUT2D eigenvalue weighted by Crippen LogP contribution is 2.26. The summed E-state index contributed by atoms with van der Waals surface area (Å²) in [4.78, 5) is 4.57. The van der Waals surface area contributed by atoms with Crippen molar-refractivity contribution in [1.29, 1.82) is 0 Å². The molecule has 3 aromatic rings. The molecule has 0 amide bonds. The van der Waals surface area contributed by atoms with Crippen LogP contribution in [0.1, 0.15) is 39.5 Å². The number of hydrogen-bond acceptors (Lipinski definition) is 4. The first-order valence-corrected chi connectivity index (χ1v) is 11.6. The average Bonchev–Trinajstić information content (AvgIpc) is 3.25. The number of hydrogen-bond donors (Lipinski definition) is 1. The van der Waals surface area contributed by atoms with E-state index in [1.807, 2.05) is 30.3 Å². The number of benzene rings is 2. The van der Waals surface area contributed by atoms with Crippen molar-refractivity contribution in [2.24, 2.45) is 5.92 Å². The summed E-state index contributed by atoms with van der Waals surface area (Å²) in [6, 6.07) is 16.4. The molecule has 1 aromatic heterocycles. The Balaban J connectivity index is 1.69. The van der Waals surface area contributed by atoms with Crippen LogP contribution in [0.2, 0.25) is 0 Å². The van der Waals surface area contributed by atoms with Crippen LogP contribution in [0.3, 0.4) is 0 Å². The molecule has 1 N–H and O–H groups in total. The largest absolute Gasteiger partial charge is 0.436 e. The van der Waals surface area contributed by atoms with E-state index in [0.29, 0.717) is 24.1 Å². The van der Waals surface area contributed by atoms with Crippen LogP contribution in [0.5, 0.6) is 0 Å². The van der Waals surface area contributed by atoms with Gasteiger partial charge in [-0.15, -0.1) is 0 Å². The van der Waals surface area contributed by atoms with Gasteiger partial charge in [0, 0.05) is 17.7 Å².